The fourth-order valence-corrected chi connectivity index (χ4v) is 2.46. The topological polar surface area (TPSA) is 9.23 Å². The summed E-state index contributed by atoms with van der Waals surface area (Å²) in [5, 5.41) is 0.861. The number of para-hydroxylation sites is 1. The molecule has 0 aliphatic carbocycles. The van der Waals surface area contributed by atoms with Crippen LogP contribution in [0.2, 0.25) is 0 Å². The molecule has 0 amide bonds. The van der Waals surface area contributed by atoms with Crippen LogP contribution in [-0.4, -0.2) is 6.61 Å². The van der Waals surface area contributed by atoms with Crippen molar-refractivity contribution in [3.63, 3.8) is 0 Å². The van der Waals surface area contributed by atoms with Crippen molar-refractivity contribution in [3.8, 4) is 5.75 Å². The van der Waals surface area contributed by atoms with Crippen LogP contribution in [0.5, 0.6) is 5.75 Å². The molecule has 0 heterocycles. The number of rotatable bonds is 10. The highest BCUT2D eigenvalue weighted by Crippen LogP contribution is 2.20. The lowest BCUT2D eigenvalue weighted by molar-refractivity contribution is 0.302. The summed E-state index contributed by atoms with van der Waals surface area (Å²) in [5.74, 6) is 1.03. The molecule has 0 fully saturated rings. The second-order valence-electron chi connectivity index (χ2n) is 4.71. The van der Waals surface area contributed by atoms with E-state index in [0.717, 1.165) is 17.7 Å². The Kier molecular flexibility index (Phi) is 9.01. The smallest absolute Gasteiger partial charge is 0.123 e. The second kappa shape index (κ2) is 10.4. The van der Waals surface area contributed by atoms with Crippen molar-refractivity contribution in [2.24, 2.45) is 0 Å². The molecule has 1 aromatic carbocycles. The van der Waals surface area contributed by atoms with Crippen molar-refractivity contribution in [2.75, 3.05) is 6.61 Å². The van der Waals surface area contributed by atoms with Crippen molar-refractivity contribution in [1.82, 2.24) is 0 Å². The molecule has 0 radical (unpaired) electrons. The van der Waals surface area contributed by atoms with Gasteiger partial charge in [0.05, 0.1) is 6.61 Å². The quantitative estimate of drug-likeness (QED) is 0.397. The van der Waals surface area contributed by atoms with Crippen LogP contribution in [0.4, 0.5) is 0 Å². The average Bonchev–Trinajstić information content (AvgIpc) is 2.42. The number of ether oxygens (including phenoxy) is 1. The van der Waals surface area contributed by atoms with Gasteiger partial charge in [-0.2, -0.15) is 0 Å². The Morgan fingerprint density at radius 2 is 1.61 bits per heavy atom. The molecular weight excluding hydrogens is 288 g/mol. The molecule has 0 bridgehead atoms. The highest BCUT2D eigenvalue weighted by Gasteiger charge is 2.00. The number of unbranched alkanes of at least 4 members (excludes halogenated alkanes) is 6. The molecule has 0 atom stereocenters. The Bertz CT molecular complexity index is 312. The van der Waals surface area contributed by atoms with Crippen LogP contribution in [-0.2, 0) is 5.33 Å². The Morgan fingerprint density at radius 1 is 0.944 bits per heavy atom. The van der Waals surface area contributed by atoms with Gasteiger partial charge < -0.3 is 4.74 Å². The number of alkyl halides is 1. The largest absolute Gasteiger partial charge is 0.493 e. The zero-order valence-electron chi connectivity index (χ0n) is 11.5. The van der Waals surface area contributed by atoms with Crippen LogP contribution in [0, 0.1) is 0 Å². The van der Waals surface area contributed by atoms with E-state index in [4.69, 9.17) is 4.74 Å². The first-order valence-electron chi connectivity index (χ1n) is 7.15. The van der Waals surface area contributed by atoms with Gasteiger partial charge in [-0.3, -0.25) is 0 Å². The predicted octanol–water partition coefficient (Wildman–Crippen LogP) is 5.71. The maximum absolute atomic E-state index is 5.83. The molecular formula is C16H25BrO. The summed E-state index contributed by atoms with van der Waals surface area (Å²) >= 11 is 3.49. The molecule has 18 heavy (non-hydrogen) atoms. The lowest BCUT2D eigenvalue weighted by atomic mass is 10.1. The predicted molar refractivity (Wildman–Crippen MR) is 82.6 cm³/mol. The third-order valence-electron chi connectivity index (χ3n) is 3.12. The monoisotopic (exact) mass is 312 g/mol. The van der Waals surface area contributed by atoms with E-state index in [-0.39, 0.29) is 0 Å². The van der Waals surface area contributed by atoms with Gasteiger partial charge >= 0.3 is 0 Å². The first-order valence-corrected chi connectivity index (χ1v) is 8.27. The van der Waals surface area contributed by atoms with Crippen molar-refractivity contribution in [1.29, 1.82) is 0 Å². The summed E-state index contributed by atoms with van der Waals surface area (Å²) in [4.78, 5) is 0. The fraction of sp³-hybridized carbons (Fsp3) is 0.625. The Balaban J connectivity index is 2.07. The van der Waals surface area contributed by atoms with E-state index >= 15 is 0 Å². The van der Waals surface area contributed by atoms with Crippen LogP contribution in [0.3, 0.4) is 0 Å². The molecule has 0 unspecified atom stereocenters. The van der Waals surface area contributed by atoms with Gasteiger partial charge in [0.2, 0.25) is 0 Å². The maximum atomic E-state index is 5.83. The van der Waals surface area contributed by atoms with E-state index in [9.17, 15) is 0 Å². The van der Waals surface area contributed by atoms with E-state index in [1.165, 1.54) is 50.5 Å². The first kappa shape index (κ1) is 15.6. The molecule has 1 rings (SSSR count). The van der Waals surface area contributed by atoms with Gasteiger partial charge in [0.1, 0.15) is 5.75 Å². The van der Waals surface area contributed by atoms with Gasteiger partial charge in [-0.05, 0) is 12.5 Å². The van der Waals surface area contributed by atoms with Crippen LogP contribution in [0.1, 0.15) is 57.4 Å². The molecule has 0 aliphatic heterocycles. The summed E-state index contributed by atoms with van der Waals surface area (Å²) in [6, 6.07) is 8.25. The third-order valence-corrected chi connectivity index (χ3v) is 3.73. The van der Waals surface area contributed by atoms with Crippen LogP contribution < -0.4 is 4.74 Å². The zero-order chi connectivity index (χ0) is 13.1. The maximum Gasteiger partial charge on any atom is 0.123 e. The normalized spacial score (nSPS) is 10.6. The van der Waals surface area contributed by atoms with E-state index in [0.29, 0.717) is 0 Å². The number of hydrogen-bond acceptors (Lipinski definition) is 1. The molecule has 0 N–H and O–H groups in total. The Labute approximate surface area is 120 Å². The molecule has 0 saturated heterocycles. The lowest BCUT2D eigenvalue weighted by Crippen LogP contribution is -1.99. The number of benzene rings is 1. The van der Waals surface area contributed by atoms with E-state index < -0.39 is 0 Å². The highest BCUT2D eigenvalue weighted by atomic mass is 79.9. The van der Waals surface area contributed by atoms with E-state index in [1.807, 2.05) is 6.07 Å². The highest BCUT2D eigenvalue weighted by molar-refractivity contribution is 9.08. The molecule has 2 heteroatoms. The van der Waals surface area contributed by atoms with Crippen LogP contribution in [0.25, 0.3) is 0 Å². The van der Waals surface area contributed by atoms with Gasteiger partial charge in [-0.25, -0.2) is 0 Å². The van der Waals surface area contributed by atoms with Crippen molar-refractivity contribution >= 4 is 15.9 Å². The molecule has 102 valence electrons. The molecule has 1 aromatic rings. The standard InChI is InChI=1S/C16H25BrO/c1-2-3-4-5-6-7-10-13-18-16-12-9-8-11-15(16)14-17/h8-9,11-12H,2-7,10,13-14H2,1H3. The zero-order valence-corrected chi connectivity index (χ0v) is 13.0. The summed E-state index contributed by atoms with van der Waals surface area (Å²) in [5.41, 5.74) is 1.24. The van der Waals surface area contributed by atoms with Crippen LogP contribution >= 0.6 is 15.9 Å². The van der Waals surface area contributed by atoms with Crippen LogP contribution in [0.15, 0.2) is 24.3 Å². The minimum atomic E-state index is 0.845. The number of halogens is 1. The molecule has 0 aromatic heterocycles. The fourth-order valence-electron chi connectivity index (χ4n) is 2.00. The Morgan fingerprint density at radius 3 is 2.33 bits per heavy atom. The molecule has 1 nitrogen and oxygen atoms in total. The van der Waals surface area contributed by atoms with Crippen molar-refractivity contribution in [3.05, 3.63) is 29.8 Å². The minimum Gasteiger partial charge on any atom is -0.493 e. The van der Waals surface area contributed by atoms with Gasteiger partial charge in [-0.15, -0.1) is 0 Å². The molecule has 0 spiro atoms. The Hall–Kier alpha value is -0.500. The van der Waals surface area contributed by atoms with Crippen molar-refractivity contribution < 1.29 is 4.74 Å². The van der Waals surface area contributed by atoms with Gasteiger partial charge in [0, 0.05) is 10.9 Å². The lowest BCUT2D eigenvalue weighted by Gasteiger charge is -2.09. The van der Waals surface area contributed by atoms with E-state index in [2.05, 4.69) is 41.1 Å². The van der Waals surface area contributed by atoms with Gasteiger partial charge in [0.25, 0.3) is 0 Å². The summed E-state index contributed by atoms with van der Waals surface area (Å²) in [6.07, 6.45) is 9.30. The second-order valence-corrected chi connectivity index (χ2v) is 5.27. The SMILES string of the molecule is CCCCCCCCCOc1ccccc1CBr. The van der Waals surface area contributed by atoms with Gasteiger partial charge in [0.15, 0.2) is 0 Å². The van der Waals surface area contributed by atoms with Crippen molar-refractivity contribution in [2.45, 2.75) is 57.2 Å². The third kappa shape index (κ3) is 6.44. The molecule has 0 saturated carbocycles. The summed E-state index contributed by atoms with van der Waals surface area (Å²) in [7, 11) is 0. The minimum absolute atomic E-state index is 0.845. The summed E-state index contributed by atoms with van der Waals surface area (Å²) < 4.78 is 5.83. The summed E-state index contributed by atoms with van der Waals surface area (Å²) in [6.45, 7) is 3.10. The average molecular weight is 313 g/mol. The van der Waals surface area contributed by atoms with E-state index in [1.54, 1.807) is 0 Å². The number of hydrogen-bond donors (Lipinski definition) is 0. The molecule has 0 aliphatic rings. The first-order chi connectivity index (χ1) is 8.88. The van der Waals surface area contributed by atoms with Gasteiger partial charge in [-0.1, -0.05) is 79.6 Å².